The van der Waals surface area contributed by atoms with Crippen molar-refractivity contribution in [1.29, 1.82) is 0 Å². The van der Waals surface area contributed by atoms with Crippen molar-refractivity contribution in [2.24, 2.45) is 0 Å². The number of nitrogens with zero attached hydrogens (tertiary/aromatic N) is 2. The van der Waals surface area contributed by atoms with Gasteiger partial charge in [0.05, 0.1) is 17.4 Å². The first-order chi connectivity index (χ1) is 10.4. The van der Waals surface area contributed by atoms with E-state index in [9.17, 15) is 13.2 Å². The Bertz CT molecular complexity index is 800. The molecule has 7 heteroatoms. The summed E-state index contributed by atoms with van der Waals surface area (Å²) in [5.74, 6) is -0.0937. The quantitative estimate of drug-likeness (QED) is 0.847. The minimum absolute atomic E-state index is 0.0937. The predicted octanol–water partition coefficient (Wildman–Crippen LogP) is 2.70. The van der Waals surface area contributed by atoms with E-state index in [-0.39, 0.29) is 16.5 Å². The second-order valence-electron chi connectivity index (χ2n) is 5.23. The Hall–Kier alpha value is -1.86. The van der Waals surface area contributed by atoms with E-state index in [0.717, 1.165) is 0 Å². The number of carbonyl (C=O) groups is 1. The van der Waals surface area contributed by atoms with Crippen LogP contribution < -0.4 is 9.21 Å². The summed E-state index contributed by atoms with van der Waals surface area (Å²) < 4.78 is 27.6. The molecule has 1 aliphatic rings. The van der Waals surface area contributed by atoms with Crippen LogP contribution >= 0.6 is 11.3 Å². The molecule has 0 fully saturated rings. The molecular formula is C15H16N2O3S2. The van der Waals surface area contributed by atoms with Crippen LogP contribution in [0, 0.1) is 0 Å². The molecular weight excluding hydrogens is 320 g/mol. The molecule has 2 heterocycles. The third-order valence-corrected chi connectivity index (χ3v) is 7.03. The number of hydrogen-bond acceptors (Lipinski definition) is 4. The normalized spacial score (nSPS) is 19.0. The van der Waals surface area contributed by atoms with Gasteiger partial charge in [0.2, 0.25) is 5.91 Å². The summed E-state index contributed by atoms with van der Waals surface area (Å²) in [4.78, 5) is 13.8. The highest BCUT2D eigenvalue weighted by atomic mass is 32.2. The standard InChI is InChI=1S/C15H16N2O3S2/c1-11-10-14(18)16(2)12-6-3-4-7-13(12)17(11)22(19,20)15-8-5-9-21-15/h3-9,11H,10H2,1-2H3. The van der Waals surface area contributed by atoms with E-state index in [1.165, 1.54) is 20.5 Å². The third-order valence-electron chi connectivity index (χ3n) is 3.73. The SMILES string of the molecule is CC1CC(=O)N(C)c2ccccc2N1S(=O)(=O)c1cccs1. The summed E-state index contributed by atoms with van der Waals surface area (Å²) in [6.45, 7) is 1.76. The van der Waals surface area contributed by atoms with Crippen LogP contribution in [-0.4, -0.2) is 27.4 Å². The maximum Gasteiger partial charge on any atom is 0.274 e. The van der Waals surface area contributed by atoms with Gasteiger partial charge in [-0.3, -0.25) is 9.10 Å². The number of thiophene rings is 1. The molecule has 0 bridgehead atoms. The number of fused-ring (bicyclic) bond motifs is 1. The topological polar surface area (TPSA) is 57.7 Å². The molecule has 5 nitrogen and oxygen atoms in total. The van der Waals surface area contributed by atoms with Crippen LogP contribution in [0.1, 0.15) is 13.3 Å². The zero-order valence-corrected chi connectivity index (χ0v) is 13.9. The van der Waals surface area contributed by atoms with Gasteiger partial charge in [0.25, 0.3) is 10.0 Å². The van der Waals surface area contributed by atoms with Gasteiger partial charge in [-0.15, -0.1) is 11.3 Å². The van der Waals surface area contributed by atoms with Gasteiger partial charge in [0.1, 0.15) is 4.21 Å². The Labute approximate surface area is 133 Å². The number of amides is 1. The molecule has 1 unspecified atom stereocenters. The average Bonchev–Trinajstić information content (AvgIpc) is 2.99. The molecule has 1 atom stereocenters. The molecule has 0 spiro atoms. The molecule has 22 heavy (non-hydrogen) atoms. The van der Waals surface area contributed by atoms with E-state index in [0.29, 0.717) is 11.4 Å². The van der Waals surface area contributed by atoms with Gasteiger partial charge < -0.3 is 4.90 Å². The van der Waals surface area contributed by atoms with Crippen molar-refractivity contribution in [3.05, 3.63) is 41.8 Å². The van der Waals surface area contributed by atoms with E-state index < -0.39 is 16.1 Å². The van der Waals surface area contributed by atoms with Gasteiger partial charge in [-0.05, 0) is 30.5 Å². The van der Waals surface area contributed by atoms with E-state index in [1.807, 2.05) is 0 Å². The Morgan fingerprint density at radius 2 is 1.82 bits per heavy atom. The van der Waals surface area contributed by atoms with Crippen molar-refractivity contribution in [3.8, 4) is 0 Å². The highest BCUT2D eigenvalue weighted by Gasteiger charge is 2.36. The lowest BCUT2D eigenvalue weighted by Crippen LogP contribution is -2.38. The van der Waals surface area contributed by atoms with Gasteiger partial charge >= 0.3 is 0 Å². The Morgan fingerprint density at radius 3 is 2.45 bits per heavy atom. The van der Waals surface area contributed by atoms with E-state index >= 15 is 0 Å². The summed E-state index contributed by atoms with van der Waals surface area (Å²) in [7, 11) is -2.00. The lowest BCUT2D eigenvalue weighted by molar-refractivity contribution is -0.118. The maximum absolute atomic E-state index is 13.0. The number of sulfonamides is 1. The monoisotopic (exact) mass is 336 g/mol. The van der Waals surface area contributed by atoms with Gasteiger partial charge in [-0.25, -0.2) is 8.42 Å². The predicted molar refractivity (Wildman–Crippen MR) is 87.9 cm³/mol. The Balaban J connectivity index is 2.22. The molecule has 0 saturated heterocycles. The van der Waals surface area contributed by atoms with Crippen molar-refractivity contribution in [1.82, 2.24) is 0 Å². The zero-order valence-electron chi connectivity index (χ0n) is 12.3. The van der Waals surface area contributed by atoms with E-state index in [2.05, 4.69) is 0 Å². The molecule has 3 rings (SSSR count). The lowest BCUT2D eigenvalue weighted by Gasteiger charge is -2.28. The first kappa shape index (κ1) is 15.1. The molecule has 1 aliphatic heterocycles. The molecule has 0 radical (unpaired) electrons. The molecule has 116 valence electrons. The lowest BCUT2D eigenvalue weighted by atomic mass is 10.2. The van der Waals surface area contributed by atoms with Crippen LogP contribution in [0.25, 0.3) is 0 Å². The molecule has 1 amide bonds. The number of hydrogen-bond donors (Lipinski definition) is 0. The molecule has 0 N–H and O–H groups in total. The fraction of sp³-hybridized carbons (Fsp3) is 0.267. The highest BCUT2D eigenvalue weighted by molar-refractivity contribution is 7.94. The van der Waals surface area contributed by atoms with Crippen molar-refractivity contribution in [2.45, 2.75) is 23.6 Å². The number of para-hydroxylation sites is 2. The van der Waals surface area contributed by atoms with Crippen LogP contribution in [-0.2, 0) is 14.8 Å². The second kappa shape index (κ2) is 5.40. The number of anilines is 2. The Kier molecular flexibility index (Phi) is 3.70. The summed E-state index contributed by atoms with van der Waals surface area (Å²) in [5.41, 5.74) is 1.15. The van der Waals surface area contributed by atoms with Gasteiger partial charge in [0.15, 0.2) is 0 Å². The fourth-order valence-electron chi connectivity index (χ4n) is 2.65. The van der Waals surface area contributed by atoms with Crippen molar-refractivity contribution in [3.63, 3.8) is 0 Å². The number of benzene rings is 1. The molecule has 1 aromatic carbocycles. The van der Waals surface area contributed by atoms with Crippen molar-refractivity contribution < 1.29 is 13.2 Å². The maximum atomic E-state index is 13.0. The summed E-state index contributed by atoms with van der Waals surface area (Å²) in [6.07, 6.45) is 0.149. The second-order valence-corrected chi connectivity index (χ2v) is 8.22. The molecule has 1 aromatic heterocycles. The summed E-state index contributed by atoms with van der Waals surface area (Å²) in [6, 6.07) is 9.95. The number of carbonyl (C=O) groups excluding carboxylic acids is 1. The van der Waals surface area contributed by atoms with Gasteiger partial charge in [0, 0.05) is 13.5 Å². The van der Waals surface area contributed by atoms with Crippen LogP contribution in [0.4, 0.5) is 11.4 Å². The molecule has 0 saturated carbocycles. The summed E-state index contributed by atoms with van der Waals surface area (Å²) in [5, 5.41) is 1.73. The van der Waals surface area contributed by atoms with Crippen LogP contribution in [0.5, 0.6) is 0 Å². The smallest absolute Gasteiger partial charge is 0.274 e. The minimum Gasteiger partial charge on any atom is -0.313 e. The largest absolute Gasteiger partial charge is 0.313 e. The number of rotatable bonds is 2. The molecule has 0 aliphatic carbocycles. The first-order valence-corrected chi connectivity index (χ1v) is 9.18. The zero-order chi connectivity index (χ0) is 15.9. The van der Waals surface area contributed by atoms with Crippen molar-refractivity contribution >= 4 is 38.6 Å². The van der Waals surface area contributed by atoms with Crippen LogP contribution in [0.3, 0.4) is 0 Å². The first-order valence-electron chi connectivity index (χ1n) is 6.86. The van der Waals surface area contributed by atoms with Crippen LogP contribution in [0.2, 0.25) is 0 Å². The Morgan fingerprint density at radius 1 is 1.14 bits per heavy atom. The minimum atomic E-state index is -3.68. The third kappa shape index (κ3) is 2.30. The van der Waals surface area contributed by atoms with E-state index in [4.69, 9.17) is 0 Å². The van der Waals surface area contributed by atoms with Crippen LogP contribution in [0.15, 0.2) is 46.0 Å². The van der Waals surface area contributed by atoms with E-state index in [1.54, 1.807) is 55.7 Å². The highest BCUT2D eigenvalue weighted by Crippen LogP contribution is 2.38. The fourth-order valence-corrected chi connectivity index (χ4v) is 5.40. The summed E-state index contributed by atoms with van der Waals surface area (Å²) >= 11 is 1.18. The average molecular weight is 336 g/mol. The van der Waals surface area contributed by atoms with Gasteiger partial charge in [-0.1, -0.05) is 18.2 Å². The van der Waals surface area contributed by atoms with Gasteiger partial charge in [-0.2, -0.15) is 0 Å². The van der Waals surface area contributed by atoms with Crippen molar-refractivity contribution in [2.75, 3.05) is 16.3 Å². The molecule has 2 aromatic rings.